The van der Waals surface area contributed by atoms with Crippen molar-refractivity contribution in [2.24, 2.45) is 5.10 Å². The smallest absolute Gasteiger partial charge is 0.254 e. The van der Waals surface area contributed by atoms with Crippen molar-refractivity contribution in [2.45, 2.75) is 13.5 Å². The van der Waals surface area contributed by atoms with E-state index in [9.17, 15) is 4.79 Å². The Bertz CT molecular complexity index is 1110. The van der Waals surface area contributed by atoms with Crippen molar-refractivity contribution >= 4 is 22.9 Å². The quantitative estimate of drug-likeness (QED) is 0.401. The van der Waals surface area contributed by atoms with Crippen LogP contribution in [0, 0.1) is 0 Å². The van der Waals surface area contributed by atoms with Gasteiger partial charge in [-0.3, -0.25) is 9.69 Å². The lowest BCUT2D eigenvalue weighted by atomic mass is 10.1. The maximum atomic E-state index is 12.1. The molecule has 3 aromatic rings. The molecule has 1 fully saturated rings. The first-order valence-electron chi connectivity index (χ1n) is 11.2. The monoisotopic (exact) mass is 447 g/mol. The first kappa shape index (κ1) is 22.8. The molecule has 1 saturated heterocycles. The summed E-state index contributed by atoms with van der Waals surface area (Å²) in [4.78, 5) is 14.1. The summed E-state index contributed by atoms with van der Waals surface area (Å²) in [5.41, 5.74) is 4.48. The van der Waals surface area contributed by atoms with E-state index in [0.717, 1.165) is 24.2 Å². The molecule has 0 unspecified atom stereocenters. The van der Waals surface area contributed by atoms with Gasteiger partial charge in [-0.05, 0) is 53.1 Å². The molecule has 0 atom stereocenters. The van der Waals surface area contributed by atoms with Gasteiger partial charge in [0.2, 0.25) is 0 Å². The van der Waals surface area contributed by atoms with Crippen molar-refractivity contribution in [3.8, 4) is 11.5 Å². The summed E-state index contributed by atoms with van der Waals surface area (Å²) in [7, 11) is 0. The van der Waals surface area contributed by atoms with Crippen LogP contribution in [0.3, 0.4) is 0 Å². The molecule has 0 spiro atoms. The molecule has 7 heteroatoms. The third kappa shape index (κ3) is 6.54. The summed E-state index contributed by atoms with van der Waals surface area (Å²) in [6.45, 7) is 6.04. The van der Waals surface area contributed by atoms with Crippen molar-refractivity contribution in [3.63, 3.8) is 0 Å². The van der Waals surface area contributed by atoms with Crippen LogP contribution in [0.4, 0.5) is 0 Å². The number of morpholine rings is 1. The molecule has 7 nitrogen and oxygen atoms in total. The van der Waals surface area contributed by atoms with Gasteiger partial charge in [0.1, 0.15) is 6.61 Å². The molecule has 0 aliphatic carbocycles. The average Bonchev–Trinajstić information content (AvgIpc) is 2.84. The molecule has 1 aliphatic rings. The van der Waals surface area contributed by atoms with Crippen LogP contribution < -0.4 is 14.9 Å². The second kappa shape index (κ2) is 11.4. The van der Waals surface area contributed by atoms with Gasteiger partial charge in [-0.1, -0.05) is 36.4 Å². The number of carbonyl (C=O) groups excluding carboxylic acids is 1. The zero-order valence-electron chi connectivity index (χ0n) is 18.8. The molecule has 0 radical (unpaired) electrons. The summed E-state index contributed by atoms with van der Waals surface area (Å²) >= 11 is 0. The molecule has 1 heterocycles. The van der Waals surface area contributed by atoms with E-state index in [1.165, 1.54) is 10.8 Å². The van der Waals surface area contributed by atoms with E-state index in [1.807, 2.05) is 42.2 Å². The average molecular weight is 448 g/mol. The number of amides is 1. The Morgan fingerprint density at radius 2 is 1.85 bits per heavy atom. The number of nitrogens with zero attached hydrogens (tertiary/aromatic N) is 2. The number of rotatable bonds is 9. The number of hydrogen-bond donors (Lipinski definition) is 1. The van der Waals surface area contributed by atoms with Crippen LogP contribution in [0.5, 0.6) is 11.5 Å². The molecule has 3 aromatic carbocycles. The van der Waals surface area contributed by atoms with E-state index in [2.05, 4.69) is 40.9 Å². The second-order valence-corrected chi connectivity index (χ2v) is 7.79. The molecule has 0 saturated carbocycles. The molecule has 1 aliphatic heterocycles. The van der Waals surface area contributed by atoms with Gasteiger partial charge >= 0.3 is 0 Å². The van der Waals surface area contributed by atoms with Gasteiger partial charge < -0.3 is 14.2 Å². The Balaban J connectivity index is 1.35. The van der Waals surface area contributed by atoms with Crippen LogP contribution in [0.25, 0.3) is 10.8 Å². The SMILES string of the molecule is CCOc1cc(/C=N/NC(=O)CN2CCOCC2)ccc1OCc1ccc2ccccc2c1. The Morgan fingerprint density at radius 1 is 1.03 bits per heavy atom. The number of nitrogens with one attached hydrogen (secondary N) is 1. The van der Waals surface area contributed by atoms with E-state index in [0.29, 0.717) is 44.5 Å². The minimum Gasteiger partial charge on any atom is -0.490 e. The molecular weight excluding hydrogens is 418 g/mol. The third-order valence-corrected chi connectivity index (χ3v) is 5.35. The van der Waals surface area contributed by atoms with Crippen LogP contribution in [0.1, 0.15) is 18.1 Å². The van der Waals surface area contributed by atoms with Crippen molar-refractivity contribution in [1.82, 2.24) is 10.3 Å². The van der Waals surface area contributed by atoms with Crippen LogP contribution in [-0.2, 0) is 16.1 Å². The van der Waals surface area contributed by atoms with E-state index in [4.69, 9.17) is 14.2 Å². The van der Waals surface area contributed by atoms with E-state index < -0.39 is 0 Å². The Labute approximate surface area is 193 Å². The summed E-state index contributed by atoms with van der Waals surface area (Å²) in [6.07, 6.45) is 1.60. The molecule has 33 heavy (non-hydrogen) atoms. The number of carbonyl (C=O) groups is 1. The van der Waals surface area contributed by atoms with Crippen LogP contribution >= 0.6 is 0 Å². The lowest BCUT2D eigenvalue weighted by molar-refractivity contribution is -0.123. The molecule has 172 valence electrons. The number of benzene rings is 3. The summed E-state index contributed by atoms with van der Waals surface area (Å²) in [5.74, 6) is 1.16. The third-order valence-electron chi connectivity index (χ3n) is 5.35. The highest BCUT2D eigenvalue weighted by Crippen LogP contribution is 2.29. The lowest BCUT2D eigenvalue weighted by Crippen LogP contribution is -2.42. The largest absolute Gasteiger partial charge is 0.490 e. The first-order chi connectivity index (χ1) is 16.2. The minimum absolute atomic E-state index is 0.145. The van der Waals surface area contributed by atoms with Crippen molar-refractivity contribution in [2.75, 3.05) is 39.5 Å². The highest BCUT2D eigenvalue weighted by molar-refractivity contribution is 5.84. The lowest BCUT2D eigenvalue weighted by Gasteiger charge is -2.25. The standard InChI is InChI=1S/C26H29N3O4/c1-2-32-25-16-20(17-27-28-26(30)18-29-11-13-31-14-12-29)8-10-24(25)33-19-21-7-9-22-5-3-4-6-23(22)15-21/h3-10,15-17H,2,11-14,18-19H2,1H3,(H,28,30)/b27-17+. The van der Waals surface area contributed by atoms with E-state index >= 15 is 0 Å². The van der Waals surface area contributed by atoms with Gasteiger partial charge in [-0.25, -0.2) is 5.43 Å². The van der Waals surface area contributed by atoms with Gasteiger partial charge in [0.15, 0.2) is 11.5 Å². The predicted molar refractivity (Wildman–Crippen MR) is 129 cm³/mol. The molecule has 1 amide bonds. The topological polar surface area (TPSA) is 72.4 Å². The van der Waals surface area contributed by atoms with Gasteiger partial charge in [0.25, 0.3) is 5.91 Å². The number of ether oxygens (including phenoxy) is 3. The molecule has 1 N–H and O–H groups in total. The highest BCUT2D eigenvalue weighted by atomic mass is 16.5. The van der Waals surface area contributed by atoms with Gasteiger partial charge in [-0.2, -0.15) is 5.10 Å². The Kier molecular flexibility index (Phi) is 7.90. The van der Waals surface area contributed by atoms with Gasteiger partial charge in [0, 0.05) is 13.1 Å². The zero-order valence-corrected chi connectivity index (χ0v) is 18.8. The van der Waals surface area contributed by atoms with E-state index in [1.54, 1.807) is 6.21 Å². The normalized spacial score (nSPS) is 14.5. The maximum absolute atomic E-state index is 12.1. The Morgan fingerprint density at radius 3 is 2.67 bits per heavy atom. The highest BCUT2D eigenvalue weighted by Gasteiger charge is 2.13. The predicted octanol–water partition coefficient (Wildman–Crippen LogP) is 3.60. The van der Waals surface area contributed by atoms with Crippen molar-refractivity contribution < 1.29 is 19.0 Å². The van der Waals surface area contributed by atoms with Gasteiger partial charge in [-0.15, -0.1) is 0 Å². The van der Waals surface area contributed by atoms with Crippen molar-refractivity contribution in [1.29, 1.82) is 0 Å². The van der Waals surface area contributed by atoms with Crippen molar-refractivity contribution in [3.05, 3.63) is 71.8 Å². The zero-order chi connectivity index (χ0) is 22.9. The molecule has 4 rings (SSSR count). The molecule has 0 bridgehead atoms. The van der Waals surface area contributed by atoms with Crippen LogP contribution in [0.15, 0.2) is 65.8 Å². The fourth-order valence-corrected chi connectivity index (χ4v) is 3.66. The van der Waals surface area contributed by atoms with E-state index in [-0.39, 0.29) is 5.91 Å². The summed E-state index contributed by atoms with van der Waals surface area (Å²) in [6, 6.07) is 20.2. The fraction of sp³-hybridized carbons (Fsp3) is 0.308. The van der Waals surface area contributed by atoms with Crippen LogP contribution in [-0.4, -0.2) is 56.5 Å². The van der Waals surface area contributed by atoms with Gasteiger partial charge in [0.05, 0.1) is 32.6 Å². The molecular formula is C26H29N3O4. The fourth-order valence-electron chi connectivity index (χ4n) is 3.66. The Hall–Kier alpha value is -3.42. The summed E-state index contributed by atoms with van der Waals surface area (Å²) < 4.78 is 17.1. The number of fused-ring (bicyclic) bond motifs is 1. The second-order valence-electron chi connectivity index (χ2n) is 7.79. The van der Waals surface area contributed by atoms with Crippen LogP contribution in [0.2, 0.25) is 0 Å². The molecule has 0 aromatic heterocycles. The number of hydrogen-bond acceptors (Lipinski definition) is 6. The minimum atomic E-state index is -0.145. The summed E-state index contributed by atoms with van der Waals surface area (Å²) in [5, 5.41) is 6.47. The first-order valence-corrected chi connectivity index (χ1v) is 11.2. The maximum Gasteiger partial charge on any atom is 0.254 e. The number of hydrazone groups is 1.